The van der Waals surface area contributed by atoms with Crippen LogP contribution in [0.4, 0.5) is 0 Å². The molecule has 0 aromatic rings. The molecule has 1 fully saturated rings. The monoisotopic (exact) mass is 258 g/mol. The van der Waals surface area contributed by atoms with Gasteiger partial charge in [-0.1, -0.05) is 10.0 Å². The average molecular weight is 258 g/mol. The lowest BCUT2D eigenvalue weighted by atomic mass is 9.97. The van der Waals surface area contributed by atoms with Crippen molar-refractivity contribution in [3.63, 3.8) is 0 Å². The number of nitrogens with one attached hydrogen (secondary N) is 1. The summed E-state index contributed by atoms with van der Waals surface area (Å²) in [5, 5.41) is 4.61. The third kappa shape index (κ3) is 2.42. The van der Waals surface area contributed by atoms with Gasteiger partial charge in [-0.25, -0.2) is 0 Å². The molecule has 0 amide bonds. The molecule has 0 aromatic heterocycles. The zero-order valence-corrected chi connectivity index (χ0v) is 13.6. The third-order valence-electron chi connectivity index (χ3n) is 3.52. The number of rotatable bonds is 1. The molecule has 5 heteroatoms. The van der Waals surface area contributed by atoms with Crippen LogP contribution >= 0.6 is 0 Å². The largest absolute Gasteiger partial charge is 0.120 e. The van der Waals surface area contributed by atoms with Crippen LogP contribution in [0, 0.1) is 0 Å². The van der Waals surface area contributed by atoms with E-state index in [1.165, 1.54) is 0 Å². The molecule has 0 radical (unpaired) electrons. The summed E-state index contributed by atoms with van der Waals surface area (Å²) in [6.07, 6.45) is 0. The van der Waals surface area contributed by atoms with E-state index in [4.69, 9.17) is 5.84 Å². The second kappa shape index (κ2) is 4.15. The molecule has 18 heavy (non-hydrogen) atoms. The molecule has 1 saturated heterocycles. The SMILES string of the molecule is CN[N@+]1(N)N(C(C)(C)C)CC(C)(C)N1C(C)(C)C. The molecular weight excluding hydrogens is 226 g/mol. The standard InChI is InChI=1S/C13H32N5/c1-11(2,3)16-10-13(7,8)17(12(4,5)6)18(16,14)15-9/h15H,10,14H2,1-9H3/q+1/t18-/m1/s1. The van der Waals surface area contributed by atoms with Crippen LogP contribution in [0.1, 0.15) is 55.4 Å². The Morgan fingerprint density at radius 1 is 1.06 bits per heavy atom. The molecule has 0 unspecified atom stereocenters. The predicted octanol–water partition coefficient (Wildman–Crippen LogP) is 1.63. The van der Waals surface area contributed by atoms with Gasteiger partial charge in [0.2, 0.25) is 0 Å². The lowest BCUT2D eigenvalue weighted by molar-refractivity contribution is -1.17. The molecular formula is C13H32N5+. The average Bonchev–Trinajstić information content (AvgIpc) is 2.31. The smallest absolute Gasteiger partial charge is 0.0888 e. The van der Waals surface area contributed by atoms with E-state index >= 15 is 0 Å². The van der Waals surface area contributed by atoms with Crippen molar-refractivity contribution in [2.24, 2.45) is 5.84 Å². The van der Waals surface area contributed by atoms with Gasteiger partial charge in [-0.15, -0.1) is 11.3 Å². The van der Waals surface area contributed by atoms with E-state index in [1.54, 1.807) is 0 Å². The summed E-state index contributed by atoms with van der Waals surface area (Å²) in [5.74, 6) is 6.67. The Kier molecular flexibility index (Phi) is 3.65. The van der Waals surface area contributed by atoms with Crippen molar-refractivity contribution in [1.82, 2.24) is 15.4 Å². The first-order chi connectivity index (χ1) is 7.77. The predicted molar refractivity (Wildman–Crippen MR) is 75.6 cm³/mol. The zero-order valence-electron chi connectivity index (χ0n) is 13.6. The Labute approximate surface area is 112 Å². The van der Waals surface area contributed by atoms with Gasteiger partial charge >= 0.3 is 0 Å². The van der Waals surface area contributed by atoms with Crippen molar-refractivity contribution in [2.75, 3.05) is 13.6 Å². The van der Waals surface area contributed by atoms with Gasteiger partial charge in [-0.3, -0.25) is 0 Å². The van der Waals surface area contributed by atoms with Gasteiger partial charge in [-0.2, -0.15) is 0 Å². The highest BCUT2D eigenvalue weighted by atomic mass is 16.2. The first-order valence-electron chi connectivity index (χ1n) is 6.72. The first kappa shape index (κ1) is 15.9. The van der Waals surface area contributed by atoms with Crippen molar-refractivity contribution in [3.05, 3.63) is 0 Å². The van der Waals surface area contributed by atoms with Crippen molar-refractivity contribution in [2.45, 2.75) is 72.0 Å². The van der Waals surface area contributed by atoms with Gasteiger partial charge in [-0.05, 0) is 60.3 Å². The molecule has 1 aliphatic heterocycles. The van der Waals surface area contributed by atoms with Crippen LogP contribution in [0.3, 0.4) is 0 Å². The fourth-order valence-electron chi connectivity index (χ4n) is 3.34. The second-order valence-corrected chi connectivity index (χ2v) is 7.90. The van der Waals surface area contributed by atoms with Crippen LogP contribution in [0.25, 0.3) is 0 Å². The summed E-state index contributed by atoms with van der Waals surface area (Å²) in [5.41, 5.74) is 3.25. The Balaban J connectivity index is 3.33. The summed E-state index contributed by atoms with van der Waals surface area (Å²) in [4.78, 5) is 0.153. The fraction of sp³-hybridized carbons (Fsp3) is 1.00. The van der Waals surface area contributed by atoms with Crippen LogP contribution < -0.4 is 11.3 Å². The molecule has 0 saturated carbocycles. The van der Waals surface area contributed by atoms with Crippen molar-refractivity contribution < 1.29 is 4.92 Å². The number of hydrogen-bond acceptors (Lipinski definition) is 4. The molecule has 1 heterocycles. The van der Waals surface area contributed by atoms with E-state index < -0.39 is 0 Å². The lowest BCUT2D eigenvalue weighted by Gasteiger charge is -2.48. The van der Waals surface area contributed by atoms with Crippen LogP contribution in [-0.2, 0) is 0 Å². The van der Waals surface area contributed by atoms with Crippen LogP contribution in [0.5, 0.6) is 0 Å². The van der Waals surface area contributed by atoms with Gasteiger partial charge in [0.15, 0.2) is 0 Å². The minimum absolute atomic E-state index is 0.00326. The van der Waals surface area contributed by atoms with E-state index in [0.717, 1.165) is 6.54 Å². The van der Waals surface area contributed by atoms with Gasteiger partial charge < -0.3 is 0 Å². The second-order valence-electron chi connectivity index (χ2n) is 7.90. The maximum Gasteiger partial charge on any atom is 0.0888 e. The highest BCUT2D eigenvalue weighted by Gasteiger charge is 2.62. The molecule has 1 atom stereocenters. The van der Waals surface area contributed by atoms with E-state index in [1.807, 2.05) is 7.05 Å². The Morgan fingerprint density at radius 3 is 1.78 bits per heavy atom. The summed E-state index contributed by atoms with van der Waals surface area (Å²) < 4.78 is 0. The van der Waals surface area contributed by atoms with E-state index in [-0.39, 0.29) is 21.5 Å². The van der Waals surface area contributed by atoms with Crippen molar-refractivity contribution in [3.8, 4) is 0 Å². The van der Waals surface area contributed by atoms with Gasteiger partial charge in [0.25, 0.3) is 0 Å². The van der Waals surface area contributed by atoms with E-state index in [0.29, 0.717) is 0 Å². The van der Waals surface area contributed by atoms with Crippen LogP contribution in [-0.4, -0.2) is 45.1 Å². The maximum absolute atomic E-state index is 6.67. The minimum atomic E-state index is -0.0265. The van der Waals surface area contributed by atoms with Gasteiger partial charge in [0, 0.05) is 7.05 Å². The van der Waals surface area contributed by atoms with Crippen molar-refractivity contribution in [1.29, 1.82) is 0 Å². The maximum atomic E-state index is 6.67. The zero-order chi connectivity index (χ0) is 14.6. The van der Waals surface area contributed by atoms with Crippen LogP contribution in [0.15, 0.2) is 0 Å². The third-order valence-corrected chi connectivity index (χ3v) is 3.52. The number of hydrogen-bond donors (Lipinski definition) is 2. The summed E-state index contributed by atoms with van der Waals surface area (Å²) in [6, 6.07) is 0. The molecule has 1 rings (SSSR count). The molecule has 0 bridgehead atoms. The van der Waals surface area contributed by atoms with Crippen molar-refractivity contribution >= 4 is 0 Å². The van der Waals surface area contributed by atoms with E-state index in [2.05, 4.69) is 70.8 Å². The number of nitrogens with two attached hydrogens (primary N) is 1. The summed E-state index contributed by atoms with van der Waals surface area (Å²) >= 11 is 0. The quantitative estimate of drug-likeness (QED) is 0.554. The molecule has 3 N–H and O–H groups in total. The van der Waals surface area contributed by atoms with Gasteiger partial charge in [0.05, 0.1) is 23.2 Å². The fourth-order valence-corrected chi connectivity index (χ4v) is 3.34. The Bertz CT molecular complexity index is 312. The Morgan fingerprint density at radius 2 is 1.50 bits per heavy atom. The molecule has 0 aromatic carbocycles. The normalized spacial score (nSPS) is 31.0. The molecule has 108 valence electrons. The van der Waals surface area contributed by atoms with Gasteiger partial charge in [0.1, 0.15) is 0 Å². The summed E-state index contributed by atoms with van der Waals surface area (Å²) in [7, 11) is 1.92. The highest BCUT2D eigenvalue weighted by Crippen LogP contribution is 2.40. The Hall–Kier alpha value is -0.200. The van der Waals surface area contributed by atoms with Crippen LogP contribution in [0.2, 0.25) is 0 Å². The molecule has 5 nitrogen and oxygen atoms in total. The molecule has 0 spiro atoms. The minimum Gasteiger partial charge on any atom is -0.120 e. The first-order valence-corrected chi connectivity index (χ1v) is 6.72. The lowest BCUT2D eigenvalue weighted by Crippen LogP contribution is -2.80. The highest BCUT2D eigenvalue weighted by molar-refractivity contribution is 4.92. The molecule has 1 aliphatic rings. The molecule has 0 aliphatic carbocycles. The number of quaternary nitrogens is 1. The summed E-state index contributed by atoms with van der Waals surface area (Å²) in [6.45, 7) is 18.6. The van der Waals surface area contributed by atoms with E-state index in [9.17, 15) is 0 Å². The number of nitrogens with zero attached hydrogens (tertiary/aromatic N) is 3. The topological polar surface area (TPSA) is 44.5 Å².